The van der Waals surface area contributed by atoms with Crippen LogP contribution < -0.4 is 5.32 Å². The maximum atomic E-state index is 5.64. The lowest BCUT2D eigenvalue weighted by Crippen LogP contribution is -2.49. The lowest BCUT2D eigenvalue weighted by Gasteiger charge is -2.35. The summed E-state index contributed by atoms with van der Waals surface area (Å²) < 4.78 is 5.64. The van der Waals surface area contributed by atoms with Crippen molar-refractivity contribution in [3.05, 3.63) is 0 Å². The number of hydrogen-bond donors (Lipinski definition) is 1. The quantitative estimate of drug-likeness (QED) is 0.686. The molecule has 1 saturated heterocycles. The molecule has 3 atom stereocenters. The van der Waals surface area contributed by atoms with Gasteiger partial charge in [-0.15, -0.1) is 0 Å². The minimum absolute atomic E-state index is 0.446. The maximum Gasteiger partial charge on any atom is 0.0700 e. The molecule has 0 saturated carbocycles. The first kappa shape index (κ1) is 16.9. The predicted molar refractivity (Wildman–Crippen MR) is 81.7 cm³/mol. The van der Waals surface area contributed by atoms with E-state index in [2.05, 4.69) is 50.0 Å². The first-order chi connectivity index (χ1) is 9.04. The largest absolute Gasteiger partial charge is 0.377 e. The first-order valence-corrected chi connectivity index (χ1v) is 7.77. The molecule has 4 heteroatoms. The molecule has 1 heterocycles. The van der Waals surface area contributed by atoms with Gasteiger partial charge >= 0.3 is 0 Å². The van der Waals surface area contributed by atoms with E-state index in [1.165, 1.54) is 12.8 Å². The standard InChI is InChI=1S/C15H33N3O/c1-6-18(14(3)12-17(4)5)13(2)10-16-11-15-8-7-9-19-15/h13-16H,6-12H2,1-5H3. The highest BCUT2D eigenvalue weighted by atomic mass is 16.5. The van der Waals surface area contributed by atoms with Gasteiger partial charge in [0.2, 0.25) is 0 Å². The summed E-state index contributed by atoms with van der Waals surface area (Å²) >= 11 is 0. The molecule has 0 aromatic heterocycles. The molecular weight excluding hydrogens is 238 g/mol. The zero-order valence-corrected chi connectivity index (χ0v) is 13.5. The molecule has 0 spiro atoms. The van der Waals surface area contributed by atoms with Crippen molar-refractivity contribution in [2.24, 2.45) is 0 Å². The molecule has 0 bridgehead atoms. The second kappa shape index (κ2) is 8.90. The van der Waals surface area contributed by atoms with E-state index in [0.717, 1.165) is 32.8 Å². The number of nitrogens with zero attached hydrogens (tertiary/aromatic N) is 2. The number of rotatable bonds is 9. The molecule has 0 aromatic rings. The molecule has 3 unspecified atom stereocenters. The van der Waals surface area contributed by atoms with Gasteiger partial charge in [0.1, 0.15) is 0 Å². The van der Waals surface area contributed by atoms with E-state index in [9.17, 15) is 0 Å². The fourth-order valence-electron chi connectivity index (χ4n) is 3.07. The van der Waals surface area contributed by atoms with Crippen LogP contribution in [0.5, 0.6) is 0 Å². The normalized spacial score (nSPS) is 23.2. The third-order valence-corrected chi connectivity index (χ3v) is 3.96. The second-order valence-corrected chi connectivity index (χ2v) is 6.08. The number of likely N-dealkylation sites (N-methyl/N-ethyl adjacent to an activating group) is 2. The first-order valence-electron chi connectivity index (χ1n) is 7.77. The lowest BCUT2D eigenvalue weighted by atomic mass is 10.2. The van der Waals surface area contributed by atoms with Crippen LogP contribution in [0.3, 0.4) is 0 Å². The Hall–Kier alpha value is -0.160. The predicted octanol–water partition coefficient (Wildman–Crippen LogP) is 1.42. The van der Waals surface area contributed by atoms with Crippen molar-refractivity contribution in [3.63, 3.8) is 0 Å². The highest BCUT2D eigenvalue weighted by Crippen LogP contribution is 2.11. The molecule has 0 aliphatic carbocycles. The van der Waals surface area contributed by atoms with Gasteiger partial charge in [-0.1, -0.05) is 6.92 Å². The Balaban J connectivity index is 2.25. The van der Waals surface area contributed by atoms with E-state index in [-0.39, 0.29) is 0 Å². The van der Waals surface area contributed by atoms with Crippen molar-refractivity contribution < 1.29 is 4.74 Å². The van der Waals surface area contributed by atoms with Gasteiger partial charge < -0.3 is 15.0 Å². The van der Waals surface area contributed by atoms with E-state index < -0.39 is 0 Å². The van der Waals surface area contributed by atoms with Crippen LogP contribution in [0.2, 0.25) is 0 Å². The SMILES string of the molecule is CCN(C(C)CNCC1CCCO1)C(C)CN(C)C. The third kappa shape index (κ3) is 6.21. The van der Waals surface area contributed by atoms with Gasteiger partial charge in [-0.25, -0.2) is 0 Å². The Labute approximate surface area is 119 Å². The molecule has 0 amide bonds. The molecule has 1 aliphatic rings. The maximum absolute atomic E-state index is 5.64. The fourth-order valence-corrected chi connectivity index (χ4v) is 3.07. The topological polar surface area (TPSA) is 27.7 Å². The van der Waals surface area contributed by atoms with Gasteiger partial charge in [-0.2, -0.15) is 0 Å². The molecule has 1 rings (SSSR count). The fraction of sp³-hybridized carbons (Fsp3) is 1.00. The lowest BCUT2D eigenvalue weighted by molar-refractivity contribution is 0.102. The van der Waals surface area contributed by atoms with E-state index in [1.807, 2.05) is 0 Å². The van der Waals surface area contributed by atoms with Crippen molar-refractivity contribution in [2.45, 2.75) is 51.8 Å². The van der Waals surface area contributed by atoms with Gasteiger partial charge in [0.15, 0.2) is 0 Å². The zero-order valence-electron chi connectivity index (χ0n) is 13.5. The minimum atomic E-state index is 0.446. The molecule has 1 fully saturated rings. The number of nitrogens with one attached hydrogen (secondary N) is 1. The molecule has 0 radical (unpaired) electrons. The average molecular weight is 271 g/mol. The summed E-state index contributed by atoms with van der Waals surface area (Å²) in [5, 5.41) is 3.57. The van der Waals surface area contributed by atoms with E-state index in [1.54, 1.807) is 0 Å². The Morgan fingerprint density at radius 3 is 2.53 bits per heavy atom. The van der Waals surface area contributed by atoms with E-state index in [0.29, 0.717) is 18.2 Å². The van der Waals surface area contributed by atoms with Crippen LogP contribution in [-0.4, -0.2) is 74.9 Å². The van der Waals surface area contributed by atoms with Gasteiger partial charge in [-0.3, -0.25) is 4.90 Å². The monoisotopic (exact) mass is 271 g/mol. The van der Waals surface area contributed by atoms with Gasteiger partial charge in [-0.05, 0) is 47.3 Å². The number of ether oxygens (including phenoxy) is 1. The highest BCUT2D eigenvalue weighted by molar-refractivity contribution is 4.77. The summed E-state index contributed by atoms with van der Waals surface area (Å²) in [6.45, 7) is 12.1. The second-order valence-electron chi connectivity index (χ2n) is 6.08. The van der Waals surface area contributed by atoms with E-state index >= 15 is 0 Å². The zero-order chi connectivity index (χ0) is 14.3. The summed E-state index contributed by atoms with van der Waals surface area (Å²) in [5.74, 6) is 0. The summed E-state index contributed by atoms with van der Waals surface area (Å²) in [4.78, 5) is 4.84. The summed E-state index contributed by atoms with van der Waals surface area (Å²) in [5.41, 5.74) is 0. The van der Waals surface area contributed by atoms with Crippen LogP contribution in [0.1, 0.15) is 33.6 Å². The van der Waals surface area contributed by atoms with Gasteiger partial charge in [0.25, 0.3) is 0 Å². The van der Waals surface area contributed by atoms with Crippen molar-refractivity contribution in [2.75, 3.05) is 46.9 Å². The van der Waals surface area contributed by atoms with Gasteiger partial charge in [0.05, 0.1) is 6.10 Å². The summed E-state index contributed by atoms with van der Waals surface area (Å²) in [6, 6.07) is 1.17. The molecule has 19 heavy (non-hydrogen) atoms. The molecule has 4 nitrogen and oxygen atoms in total. The molecule has 1 aliphatic heterocycles. The Morgan fingerprint density at radius 2 is 2.00 bits per heavy atom. The van der Waals surface area contributed by atoms with Gasteiger partial charge in [0, 0.05) is 38.3 Å². The van der Waals surface area contributed by atoms with Crippen molar-refractivity contribution >= 4 is 0 Å². The summed E-state index contributed by atoms with van der Waals surface area (Å²) in [7, 11) is 4.29. The average Bonchev–Trinajstić information content (AvgIpc) is 2.82. The Kier molecular flexibility index (Phi) is 7.91. The molecule has 114 valence electrons. The summed E-state index contributed by atoms with van der Waals surface area (Å²) in [6.07, 6.45) is 2.89. The molecular formula is C15H33N3O. The molecule has 1 N–H and O–H groups in total. The van der Waals surface area contributed by atoms with E-state index in [4.69, 9.17) is 4.74 Å². The van der Waals surface area contributed by atoms with Crippen LogP contribution in [-0.2, 0) is 4.74 Å². The van der Waals surface area contributed by atoms with Crippen LogP contribution >= 0.6 is 0 Å². The van der Waals surface area contributed by atoms with Crippen LogP contribution in [0, 0.1) is 0 Å². The van der Waals surface area contributed by atoms with Crippen molar-refractivity contribution in [1.29, 1.82) is 0 Å². The highest BCUT2D eigenvalue weighted by Gasteiger charge is 2.20. The Bertz CT molecular complexity index is 229. The molecule has 0 aromatic carbocycles. The van der Waals surface area contributed by atoms with Crippen LogP contribution in [0.4, 0.5) is 0 Å². The third-order valence-electron chi connectivity index (χ3n) is 3.96. The van der Waals surface area contributed by atoms with Crippen LogP contribution in [0.15, 0.2) is 0 Å². The minimum Gasteiger partial charge on any atom is -0.377 e. The van der Waals surface area contributed by atoms with Crippen molar-refractivity contribution in [1.82, 2.24) is 15.1 Å². The van der Waals surface area contributed by atoms with Crippen molar-refractivity contribution in [3.8, 4) is 0 Å². The number of hydrogen-bond acceptors (Lipinski definition) is 4. The van der Waals surface area contributed by atoms with Crippen LogP contribution in [0.25, 0.3) is 0 Å². The smallest absolute Gasteiger partial charge is 0.0700 e. The Morgan fingerprint density at radius 1 is 1.26 bits per heavy atom.